The van der Waals surface area contributed by atoms with Crippen molar-refractivity contribution in [1.82, 2.24) is 9.55 Å². The average Bonchev–Trinajstić information content (AvgIpc) is 3.35. The van der Waals surface area contributed by atoms with Crippen LogP contribution in [0, 0.1) is 5.92 Å². The summed E-state index contributed by atoms with van der Waals surface area (Å²) in [5.41, 5.74) is -3.89. The van der Waals surface area contributed by atoms with Crippen LogP contribution in [-0.4, -0.2) is 34.6 Å². The summed E-state index contributed by atoms with van der Waals surface area (Å²) in [6.45, 7) is 6.10. The van der Waals surface area contributed by atoms with E-state index in [0.29, 0.717) is 39.8 Å². The fourth-order valence-electron chi connectivity index (χ4n) is 4.30. The van der Waals surface area contributed by atoms with Crippen molar-refractivity contribution in [2.45, 2.75) is 45.7 Å². The Bertz CT molecular complexity index is 1660. The van der Waals surface area contributed by atoms with Crippen LogP contribution in [0.1, 0.15) is 48.3 Å². The monoisotopic (exact) mass is 627 g/mol. The molecule has 4 aromatic rings. The van der Waals surface area contributed by atoms with Gasteiger partial charge in [0.05, 0.1) is 15.9 Å². The molecule has 2 aromatic heterocycles. The molecule has 0 spiro atoms. The molecule has 4 rings (SSSR count). The molecule has 0 aliphatic heterocycles. The Morgan fingerprint density at radius 2 is 1.90 bits per heavy atom. The summed E-state index contributed by atoms with van der Waals surface area (Å²) in [6, 6.07) is 10.8. The molecule has 2 heterocycles. The van der Waals surface area contributed by atoms with Crippen molar-refractivity contribution in [2.75, 3.05) is 4.72 Å². The highest BCUT2D eigenvalue weighted by Gasteiger charge is 2.46. The Morgan fingerprint density at radius 3 is 2.51 bits per heavy atom. The maximum absolute atomic E-state index is 13.0. The van der Waals surface area contributed by atoms with Crippen molar-refractivity contribution in [2.24, 2.45) is 5.92 Å². The second-order valence-corrected chi connectivity index (χ2v) is 11.8. The minimum atomic E-state index is -5.65. The van der Waals surface area contributed by atoms with E-state index >= 15 is 0 Å². The number of halogens is 4. The number of fused-ring (bicyclic) bond motifs is 1. The van der Waals surface area contributed by atoms with Gasteiger partial charge < -0.3 is 14.1 Å². The number of furan rings is 1. The number of carbonyl (C=O) groups is 1. The minimum absolute atomic E-state index is 0.101. The number of anilines is 1. The van der Waals surface area contributed by atoms with Gasteiger partial charge in [-0.1, -0.05) is 39.0 Å². The largest absolute Gasteiger partial charge is 0.516 e. The molecule has 0 radical (unpaired) electrons. The lowest BCUT2D eigenvalue weighted by atomic mass is 10.1. The van der Waals surface area contributed by atoms with Crippen LogP contribution < -0.4 is 4.72 Å². The second kappa shape index (κ2) is 10.7. The van der Waals surface area contributed by atoms with Gasteiger partial charge in [0.2, 0.25) is 0 Å². The molecule has 0 saturated heterocycles. The molecule has 0 fully saturated rings. The lowest BCUT2D eigenvalue weighted by Crippen LogP contribution is -2.30. The maximum atomic E-state index is 13.0. The Morgan fingerprint density at radius 1 is 1.21 bits per heavy atom. The van der Waals surface area contributed by atoms with Gasteiger partial charge >= 0.3 is 21.5 Å². The SMILES string of the molecule is CCc1nc(CC(C)C)c(C(=O)O)n1Cc1ccc2oc(-c3ccccc3NS(=O)(=O)C(F)(F)F)c(Br)c2c1. The van der Waals surface area contributed by atoms with Crippen LogP contribution in [0.3, 0.4) is 0 Å². The number of carboxylic acids is 1. The van der Waals surface area contributed by atoms with Crippen molar-refractivity contribution in [3.05, 3.63) is 69.7 Å². The second-order valence-electron chi connectivity index (χ2n) is 9.34. The standard InChI is InChI=1S/C26H25BrF3N3O5S/c1-4-21-31-19(11-14(2)3)23(25(34)35)33(21)13-15-9-10-20-17(12-15)22(27)24(38-20)16-7-5-6-8-18(16)32-39(36,37)26(28,29)30/h5-10,12,14,32H,4,11,13H2,1-3H3,(H,34,35). The predicted octanol–water partition coefficient (Wildman–Crippen LogP) is 6.83. The molecule has 2 N–H and O–H groups in total. The third-order valence-electron chi connectivity index (χ3n) is 5.99. The number of alkyl halides is 3. The maximum Gasteiger partial charge on any atom is 0.516 e. The summed E-state index contributed by atoms with van der Waals surface area (Å²) < 4.78 is 72.0. The molecule has 208 valence electrons. The van der Waals surface area contributed by atoms with E-state index < -0.39 is 21.5 Å². The number of para-hydroxylation sites is 1. The van der Waals surface area contributed by atoms with Crippen molar-refractivity contribution in [1.29, 1.82) is 0 Å². The molecule has 0 aliphatic carbocycles. The van der Waals surface area contributed by atoms with E-state index in [2.05, 4.69) is 20.9 Å². The van der Waals surface area contributed by atoms with E-state index in [1.165, 1.54) is 18.2 Å². The molecule has 0 aliphatic rings. The summed E-state index contributed by atoms with van der Waals surface area (Å²) in [6.07, 6.45) is 1.06. The van der Waals surface area contributed by atoms with Crippen LogP contribution in [0.25, 0.3) is 22.3 Å². The van der Waals surface area contributed by atoms with E-state index in [4.69, 9.17) is 4.42 Å². The van der Waals surface area contributed by atoms with Gasteiger partial charge in [-0.3, -0.25) is 4.72 Å². The van der Waals surface area contributed by atoms with Crippen LogP contribution in [0.15, 0.2) is 51.4 Å². The first-order chi connectivity index (χ1) is 18.2. The zero-order valence-corrected chi connectivity index (χ0v) is 23.5. The molecule has 0 saturated carbocycles. The highest BCUT2D eigenvalue weighted by Crippen LogP contribution is 2.42. The summed E-state index contributed by atoms with van der Waals surface area (Å²) in [5.74, 6) is -0.0779. The zero-order valence-electron chi connectivity index (χ0n) is 21.1. The third kappa shape index (κ3) is 5.69. The fourth-order valence-corrected chi connectivity index (χ4v) is 5.49. The number of aryl methyl sites for hydroxylation is 1. The summed E-state index contributed by atoms with van der Waals surface area (Å²) in [7, 11) is -5.65. The van der Waals surface area contributed by atoms with E-state index in [9.17, 15) is 31.5 Å². The Labute approximate surface area is 231 Å². The number of carboxylic acid groups (broad SMARTS) is 1. The predicted molar refractivity (Wildman–Crippen MR) is 144 cm³/mol. The lowest BCUT2D eigenvalue weighted by Gasteiger charge is -2.13. The Hall–Kier alpha value is -3.32. The van der Waals surface area contributed by atoms with Crippen LogP contribution in [0.4, 0.5) is 18.9 Å². The van der Waals surface area contributed by atoms with Crippen molar-refractivity contribution >= 4 is 48.6 Å². The van der Waals surface area contributed by atoms with E-state index in [1.807, 2.05) is 20.8 Å². The van der Waals surface area contributed by atoms with Crippen LogP contribution in [-0.2, 0) is 29.4 Å². The highest BCUT2D eigenvalue weighted by atomic mass is 79.9. The van der Waals surface area contributed by atoms with Crippen LogP contribution >= 0.6 is 15.9 Å². The first-order valence-corrected chi connectivity index (χ1v) is 14.2. The Balaban J connectivity index is 1.76. The first kappa shape index (κ1) is 28.7. The zero-order chi connectivity index (χ0) is 28.7. The minimum Gasteiger partial charge on any atom is -0.477 e. The average molecular weight is 628 g/mol. The topological polar surface area (TPSA) is 114 Å². The molecular weight excluding hydrogens is 603 g/mol. The summed E-state index contributed by atoms with van der Waals surface area (Å²) in [5, 5.41) is 10.5. The number of aromatic carboxylic acids is 1. The van der Waals surface area contributed by atoms with Gasteiger partial charge in [-0.25, -0.2) is 9.78 Å². The smallest absolute Gasteiger partial charge is 0.477 e. The van der Waals surface area contributed by atoms with Gasteiger partial charge in [-0.2, -0.15) is 21.6 Å². The van der Waals surface area contributed by atoms with Gasteiger partial charge in [0.15, 0.2) is 11.5 Å². The number of nitrogens with zero attached hydrogens (tertiary/aromatic N) is 2. The molecule has 0 unspecified atom stereocenters. The Kier molecular flexibility index (Phi) is 7.86. The number of aromatic nitrogens is 2. The quantitative estimate of drug-likeness (QED) is 0.210. The van der Waals surface area contributed by atoms with E-state index in [-0.39, 0.29) is 35.2 Å². The highest BCUT2D eigenvalue weighted by molar-refractivity contribution is 9.10. The molecule has 13 heteroatoms. The molecule has 2 aromatic carbocycles. The van der Waals surface area contributed by atoms with Crippen LogP contribution in [0.2, 0.25) is 0 Å². The first-order valence-electron chi connectivity index (χ1n) is 11.9. The molecule has 0 atom stereocenters. The number of imidazole rings is 1. The normalized spacial score (nSPS) is 12.4. The van der Waals surface area contributed by atoms with Gasteiger partial charge in [0.1, 0.15) is 11.4 Å². The molecular formula is C26H25BrF3N3O5S. The summed E-state index contributed by atoms with van der Waals surface area (Å²) in [4.78, 5) is 16.7. The van der Waals surface area contributed by atoms with Gasteiger partial charge in [-0.05, 0) is 58.1 Å². The number of hydrogen-bond donors (Lipinski definition) is 2. The van der Waals surface area contributed by atoms with Gasteiger partial charge in [0.25, 0.3) is 0 Å². The van der Waals surface area contributed by atoms with Crippen molar-refractivity contribution in [3.63, 3.8) is 0 Å². The number of hydrogen-bond acceptors (Lipinski definition) is 5. The van der Waals surface area contributed by atoms with E-state index in [1.54, 1.807) is 33.6 Å². The number of rotatable bonds is 9. The molecule has 0 bridgehead atoms. The molecule has 0 amide bonds. The third-order valence-corrected chi connectivity index (χ3v) is 7.88. The summed E-state index contributed by atoms with van der Waals surface area (Å²) >= 11 is 3.45. The van der Waals surface area contributed by atoms with Crippen LogP contribution in [0.5, 0.6) is 0 Å². The van der Waals surface area contributed by atoms with Gasteiger partial charge in [0, 0.05) is 23.9 Å². The number of nitrogens with one attached hydrogen (secondary N) is 1. The number of benzene rings is 2. The molecule has 39 heavy (non-hydrogen) atoms. The van der Waals surface area contributed by atoms with Crippen molar-refractivity contribution < 1.29 is 35.9 Å². The molecule has 8 nitrogen and oxygen atoms in total. The van der Waals surface area contributed by atoms with Gasteiger partial charge in [-0.15, -0.1) is 0 Å². The number of sulfonamides is 1. The van der Waals surface area contributed by atoms with Crippen molar-refractivity contribution in [3.8, 4) is 11.3 Å². The fraction of sp³-hybridized carbons (Fsp3) is 0.308. The lowest BCUT2D eigenvalue weighted by molar-refractivity contribution is -0.0429. The van der Waals surface area contributed by atoms with E-state index in [0.717, 1.165) is 5.56 Å².